The van der Waals surface area contributed by atoms with Gasteiger partial charge in [-0.1, -0.05) is 44.2 Å². The first-order chi connectivity index (χ1) is 12.2. The number of carbonyl (C=O) groups excluding carboxylic acids is 1. The molecule has 2 rings (SSSR count). The first kappa shape index (κ1) is 19.5. The quantitative estimate of drug-likeness (QED) is 0.565. The van der Waals surface area contributed by atoms with E-state index in [0.717, 1.165) is 42.6 Å². The van der Waals surface area contributed by atoms with Gasteiger partial charge in [-0.05, 0) is 52.5 Å². The molecule has 0 atom stereocenters. The molecule has 0 spiro atoms. The summed E-state index contributed by atoms with van der Waals surface area (Å²) >= 11 is 3.53. The van der Waals surface area contributed by atoms with Gasteiger partial charge in [-0.25, -0.2) is 0 Å². The van der Waals surface area contributed by atoms with E-state index in [0.29, 0.717) is 12.2 Å². The van der Waals surface area contributed by atoms with Gasteiger partial charge in [0, 0.05) is 25.1 Å². The van der Waals surface area contributed by atoms with Crippen LogP contribution in [-0.4, -0.2) is 30.5 Å². The third-order valence-corrected chi connectivity index (χ3v) is 4.56. The van der Waals surface area contributed by atoms with E-state index in [1.807, 2.05) is 41.3 Å². The van der Waals surface area contributed by atoms with E-state index < -0.39 is 0 Å². The molecule has 0 radical (unpaired) electrons. The van der Waals surface area contributed by atoms with E-state index in [4.69, 9.17) is 4.74 Å². The first-order valence-corrected chi connectivity index (χ1v) is 9.70. The summed E-state index contributed by atoms with van der Waals surface area (Å²) in [5.41, 5.74) is 1.95. The highest BCUT2D eigenvalue weighted by atomic mass is 79.9. The van der Waals surface area contributed by atoms with Crippen LogP contribution < -0.4 is 4.74 Å². The van der Waals surface area contributed by atoms with Crippen LogP contribution in [0.4, 0.5) is 0 Å². The van der Waals surface area contributed by atoms with Crippen LogP contribution in [0.3, 0.4) is 0 Å². The number of rotatable bonds is 9. The second-order valence-electron chi connectivity index (χ2n) is 6.02. The Kier molecular flexibility index (Phi) is 7.99. The molecule has 134 valence electrons. The molecule has 0 unspecified atom stereocenters. The Labute approximate surface area is 159 Å². The Balaban J connectivity index is 1.98. The highest BCUT2D eigenvalue weighted by Gasteiger charge is 2.15. The molecule has 0 aliphatic carbocycles. The Morgan fingerprint density at radius 3 is 2.32 bits per heavy atom. The smallest absolute Gasteiger partial charge is 0.253 e. The Hall–Kier alpha value is -1.81. The van der Waals surface area contributed by atoms with Crippen molar-refractivity contribution in [2.75, 3.05) is 19.7 Å². The zero-order valence-electron chi connectivity index (χ0n) is 15.0. The molecule has 0 aromatic heterocycles. The van der Waals surface area contributed by atoms with E-state index in [9.17, 15) is 4.79 Å². The van der Waals surface area contributed by atoms with E-state index in [1.165, 1.54) is 5.56 Å². The average Bonchev–Trinajstić information content (AvgIpc) is 2.63. The van der Waals surface area contributed by atoms with Crippen molar-refractivity contribution in [1.82, 2.24) is 4.90 Å². The SMILES string of the molecule is CCCN(CCC)C(=O)c1ccc(OCCc2ccccc2)c(Br)c1. The van der Waals surface area contributed by atoms with E-state index in [-0.39, 0.29) is 5.91 Å². The van der Waals surface area contributed by atoms with Gasteiger partial charge in [0.25, 0.3) is 5.91 Å². The lowest BCUT2D eigenvalue weighted by Crippen LogP contribution is -2.32. The third kappa shape index (κ3) is 5.89. The summed E-state index contributed by atoms with van der Waals surface area (Å²) in [6.45, 7) is 6.37. The fourth-order valence-electron chi connectivity index (χ4n) is 2.71. The van der Waals surface area contributed by atoms with Gasteiger partial charge < -0.3 is 9.64 Å². The molecular formula is C21H26BrNO2. The van der Waals surface area contributed by atoms with Crippen molar-refractivity contribution in [2.24, 2.45) is 0 Å². The molecule has 0 bridgehead atoms. The van der Waals surface area contributed by atoms with Crippen LogP contribution in [0.2, 0.25) is 0 Å². The first-order valence-electron chi connectivity index (χ1n) is 8.91. The molecule has 0 saturated carbocycles. The van der Waals surface area contributed by atoms with Gasteiger partial charge in [-0.3, -0.25) is 4.79 Å². The number of nitrogens with zero attached hydrogens (tertiary/aromatic N) is 1. The van der Waals surface area contributed by atoms with Crippen LogP contribution in [0.25, 0.3) is 0 Å². The number of ether oxygens (including phenoxy) is 1. The summed E-state index contributed by atoms with van der Waals surface area (Å²) in [6.07, 6.45) is 2.79. The normalized spacial score (nSPS) is 10.5. The fourth-order valence-corrected chi connectivity index (χ4v) is 3.20. The lowest BCUT2D eigenvalue weighted by Gasteiger charge is -2.21. The summed E-state index contributed by atoms with van der Waals surface area (Å²) in [5.74, 6) is 0.852. The van der Waals surface area contributed by atoms with Crippen LogP contribution in [-0.2, 0) is 6.42 Å². The monoisotopic (exact) mass is 403 g/mol. The highest BCUT2D eigenvalue weighted by Crippen LogP contribution is 2.27. The second kappa shape index (κ2) is 10.2. The summed E-state index contributed by atoms with van der Waals surface area (Å²) in [7, 11) is 0. The minimum absolute atomic E-state index is 0.0836. The van der Waals surface area contributed by atoms with E-state index >= 15 is 0 Å². The van der Waals surface area contributed by atoms with Gasteiger partial charge in [0.15, 0.2) is 0 Å². The predicted molar refractivity (Wildman–Crippen MR) is 106 cm³/mol. The number of amides is 1. The lowest BCUT2D eigenvalue weighted by atomic mass is 10.1. The zero-order valence-corrected chi connectivity index (χ0v) is 16.6. The number of hydrogen-bond donors (Lipinski definition) is 0. The molecule has 1 amide bonds. The highest BCUT2D eigenvalue weighted by molar-refractivity contribution is 9.10. The maximum atomic E-state index is 12.7. The number of halogens is 1. The van der Waals surface area contributed by atoms with Crippen molar-refractivity contribution >= 4 is 21.8 Å². The molecule has 2 aromatic carbocycles. The second-order valence-corrected chi connectivity index (χ2v) is 6.88. The molecule has 0 fully saturated rings. The van der Waals surface area contributed by atoms with Crippen LogP contribution in [0, 0.1) is 0 Å². The molecule has 2 aromatic rings. The van der Waals surface area contributed by atoms with Crippen molar-refractivity contribution in [2.45, 2.75) is 33.1 Å². The molecule has 0 saturated heterocycles. The maximum Gasteiger partial charge on any atom is 0.253 e. The molecule has 3 nitrogen and oxygen atoms in total. The number of carbonyl (C=O) groups is 1. The molecule has 0 N–H and O–H groups in total. The van der Waals surface area contributed by atoms with Gasteiger partial charge in [0.05, 0.1) is 11.1 Å². The molecule has 25 heavy (non-hydrogen) atoms. The van der Waals surface area contributed by atoms with Crippen molar-refractivity contribution in [3.8, 4) is 5.75 Å². The molecule has 0 aliphatic rings. The molecular weight excluding hydrogens is 378 g/mol. The largest absolute Gasteiger partial charge is 0.492 e. The van der Waals surface area contributed by atoms with E-state index in [1.54, 1.807) is 0 Å². The average molecular weight is 404 g/mol. The Bertz CT molecular complexity index is 667. The van der Waals surface area contributed by atoms with Gasteiger partial charge in [-0.2, -0.15) is 0 Å². The minimum atomic E-state index is 0.0836. The van der Waals surface area contributed by atoms with Crippen molar-refractivity contribution in [3.05, 3.63) is 64.1 Å². The molecule has 4 heteroatoms. The van der Waals surface area contributed by atoms with Crippen molar-refractivity contribution in [1.29, 1.82) is 0 Å². The van der Waals surface area contributed by atoms with Gasteiger partial charge in [0.1, 0.15) is 5.75 Å². The fraction of sp³-hybridized carbons (Fsp3) is 0.381. The predicted octanol–water partition coefficient (Wildman–Crippen LogP) is 5.33. The van der Waals surface area contributed by atoms with Crippen molar-refractivity contribution < 1.29 is 9.53 Å². The molecule has 0 heterocycles. The van der Waals surface area contributed by atoms with Crippen LogP contribution in [0.5, 0.6) is 5.75 Å². The van der Waals surface area contributed by atoms with Crippen LogP contribution in [0.15, 0.2) is 53.0 Å². The third-order valence-electron chi connectivity index (χ3n) is 3.94. The summed E-state index contributed by atoms with van der Waals surface area (Å²) in [4.78, 5) is 14.6. The number of hydrogen-bond acceptors (Lipinski definition) is 2. The zero-order chi connectivity index (χ0) is 18.1. The lowest BCUT2D eigenvalue weighted by molar-refractivity contribution is 0.0755. The summed E-state index contributed by atoms with van der Waals surface area (Å²) in [6, 6.07) is 15.8. The summed E-state index contributed by atoms with van der Waals surface area (Å²) in [5, 5.41) is 0. The standard InChI is InChI=1S/C21H26BrNO2/c1-3-13-23(14-4-2)21(24)18-10-11-20(19(22)16-18)25-15-12-17-8-6-5-7-9-17/h5-11,16H,3-4,12-15H2,1-2H3. The Morgan fingerprint density at radius 2 is 1.72 bits per heavy atom. The number of benzene rings is 2. The van der Waals surface area contributed by atoms with Crippen LogP contribution >= 0.6 is 15.9 Å². The Morgan fingerprint density at radius 1 is 1.04 bits per heavy atom. The minimum Gasteiger partial charge on any atom is -0.492 e. The van der Waals surface area contributed by atoms with Gasteiger partial charge in [-0.15, -0.1) is 0 Å². The maximum absolute atomic E-state index is 12.7. The topological polar surface area (TPSA) is 29.5 Å². The van der Waals surface area contributed by atoms with Gasteiger partial charge in [0.2, 0.25) is 0 Å². The van der Waals surface area contributed by atoms with E-state index in [2.05, 4.69) is 41.9 Å². The molecule has 0 aliphatic heterocycles. The van der Waals surface area contributed by atoms with Crippen molar-refractivity contribution in [3.63, 3.8) is 0 Å². The van der Waals surface area contributed by atoms with Crippen LogP contribution in [0.1, 0.15) is 42.6 Å². The van der Waals surface area contributed by atoms with Gasteiger partial charge >= 0.3 is 0 Å². The summed E-state index contributed by atoms with van der Waals surface area (Å²) < 4.78 is 6.68.